The summed E-state index contributed by atoms with van der Waals surface area (Å²) < 4.78 is 11.7. The van der Waals surface area contributed by atoms with E-state index in [1.807, 2.05) is 97.1 Å². The van der Waals surface area contributed by atoms with Crippen LogP contribution in [0.15, 0.2) is 158 Å². The van der Waals surface area contributed by atoms with Crippen LogP contribution in [0.3, 0.4) is 0 Å². The van der Waals surface area contributed by atoms with E-state index in [0.717, 1.165) is 67.3 Å². The molecule has 0 radical (unpaired) electrons. The summed E-state index contributed by atoms with van der Waals surface area (Å²) in [6.45, 7) is 0.444. The van der Waals surface area contributed by atoms with E-state index in [9.17, 15) is 14.7 Å². The van der Waals surface area contributed by atoms with E-state index in [0.29, 0.717) is 12.4 Å². The molecule has 8 rings (SSSR count). The number of hydrogen-bond acceptors (Lipinski definition) is 7. The number of hydrogen-bond donors (Lipinski definition) is 2. The van der Waals surface area contributed by atoms with E-state index in [2.05, 4.69) is 39.6 Å². The van der Waals surface area contributed by atoms with Crippen molar-refractivity contribution in [3.05, 3.63) is 180 Å². The van der Waals surface area contributed by atoms with Crippen molar-refractivity contribution in [3.8, 4) is 50.8 Å². The summed E-state index contributed by atoms with van der Waals surface area (Å²) in [5, 5.41) is 12.4. The van der Waals surface area contributed by atoms with Gasteiger partial charge in [0.2, 0.25) is 0 Å². The lowest BCUT2D eigenvalue weighted by molar-refractivity contribution is -0.139. The number of pyridine rings is 3. The van der Waals surface area contributed by atoms with Gasteiger partial charge in [0.15, 0.2) is 0 Å². The first kappa shape index (κ1) is 34.9. The zero-order valence-corrected chi connectivity index (χ0v) is 29.7. The number of alkyl carbamates (subject to hydrolysis) is 1. The predicted octanol–water partition coefficient (Wildman–Crippen LogP) is 8.99. The Balaban J connectivity index is 0.873. The van der Waals surface area contributed by atoms with Gasteiger partial charge in [0.05, 0.1) is 22.8 Å². The number of carbonyl (C=O) groups is 2. The Labute approximate surface area is 318 Å². The average Bonchev–Trinajstić information content (AvgIpc) is 3.56. The van der Waals surface area contributed by atoms with Crippen LogP contribution in [0.2, 0.25) is 0 Å². The molecule has 1 atom stereocenters. The first-order valence-corrected chi connectivity index (χ1v) is 18.0. The fraction of sp³-hybridized carbons (Fsp3) is 0.109. The number of carbonyl (C=O) groups excluding carboxylic acids is 1. The van der Waals surface area contributed by atoms with E-state index in [1.165, 1.54) is 0 Å². The quantitative estimate of drug-likeness (QED) is 0.128. The van der Waals surface area contributed by atoms with Crippen molar-refractivity contribution in [1.29, 1.82) is 0 Å². The van der Waals surface area contributed by atoms with Crippen LogP contribution in [0.4, 0.5) is 4.79 Å². The molecule has 0 fully saturated rings. The van der Waals surface area contributed by atoms with Gasteiger partial charge < -0.3 is 19.9 Å². The van der Waals surface area contributed by atoms with Crippen molar-refractivity contribution in [2.24, 2.45) is 0 Å². The second-order valence-corrected chi connectivity index (χ2v) is 13.3. The molecule has 270 valence electrons. The summed E-state index contributed by atoms with van der Waals surface area (Å²) in [5.74, 6) is -0.631. The summed E-state index contributed by atoms with van der Waals surface area (Å²) in [6, 6.07) is 45.9. The van der Waals surface area contributed by atoms with Crippen molar-refractivity contribution in [2.45, 2.75) is 25.0 Å². The summed E-state index contributed by atoms with van der Waals surface area (Å²) in [7, 11) is 0. The van der Waals surface area contributed by atoms with E-state index in [4.69, 9.17) is 14.5 Å². The highest BCUT2D eigenvalue weighted by molar-refractivity contribution is 5.81. The minimum Gasteiger partial charge on any atom is -0.489 e. The molecule has 2 N–H and O–H groups in total. The molecular weight excluding hydrogens is 689 g/mol. The van der Waals surface area contributed by atoms with Gasteiger partial charge in [-0.25, -0.2) is 14.6 Å². The molecule has 1 aliphatic carbocycles. The molecule has 0 aliphatic heterocycles. The average molecular weight is 725 g/mol. The second kappa shape index (κ2) is 15.9. The molecule has 1 amide bonds. The number of rotatable bonds is 12. The molecule has 3 heterocycles. The van der Waals surface area contributed by atoms with Gasteiger partial charge in [-0.1, -0.05) is 97.1 Å². The van der Waals surface area contributed by atoms with Gasteiger partial charge in [-0.15, -0.1) is 0 Å². The van der Waals surface area contributed by atoms with Crippen LogP contribution in [0.25, 0.3) is 45.0 Å². The third-order valence-corrected chi connectivity index (χ3v) is 9.67. The summed E-state index contributed by atoms with van der Waals surface area (Å²) in [6.07, 6.45) is 2.82. The summed E-state index contributed by atoms with van der Waals surface area (Å²) >= 11 is 0. The van der Waals surface area contributed by atoms with Crippen LogP contribution < -0.4 is 10.1 Å². The fourth-order valence-corrected chi connectivity index (χ4v) is 6.89. The number of nitrogens with zero attached hydrogens (tertiary/aromatic N) is 3. The molecule has 55 heavy (non-hydrogen) atoms. The Bertz CT molecular complexity index is 2340. The van der Waals surface area contributed by atoms with E-state index < -0.39 is 18.1 Å². The van der Waals surface area contributed by atoms with Gasteiger partial charge in [0.1, 0.15) is 25.0 Å². The number of carboxylic acids is 1. The molecule has 3 aromatic heterocycles. The maximum atomic E-state index is 12.8. The topological polar surface area (TPSA) is 124 Å². The van der Waals surface area contributed by atoms with Crippen LogP contribution in [0.1, 0.15) is 28.2 Å². The third kappa shape index (κ3) is 7.96. The molecule has 0 saturated carbocycles. The highest BCUT2D eigenvalue weighted by atomic mass is 16.5. The lowest BCUT2D eigenvalue weighted by Crippen LogP contribution is -2.42. The monoisotopic (exact) mass is 724 g/mol. The molecular formula is C46H36N4O5. The molecule has 0 unspecified atom stereocenters. The number of aliphatic carboxylic acids is 1. The Morgan fingerprint density at radius 3 is 1.76 bits per heavy atom. The minimum absolute atomic E-state index is 0.0837. The number of amides is 1. The molecule has 0 bridgehead atoms. The SMILES string of the molecule is O=C(N[C@@H](Cc1ccc(OCc2ccc(-c3cc(-c4ccccn4)nc(-c4ccccn4)c3)cc2)cc1)C(=O)O)OCC1c2ccccc2-c2ccccc21. The number of aromatic nitrogens is 3. The van der Waals surface area contributed by atoms with Crippen molar-refractivity contribution in [1.82, 2.24) is 20.3 Å². The summed E-state index contributed by atoms with van der Waals surface area (Å²) in [5.41, 5.74) is 11.2. The Hall–Kier alpha value is -7.13. The van der Waals surface area contributed by atoms with E-state index >= 15 is 0 Å². The van der Waals surface area contributed by atoms with Gasteiger partial charge in [-0.3, -0.25) is 9.97 Å². The van der Waals surface area contributed by atoms with Crippen LogP contribution in [-0.2, 0) is 22.6 Å². The number of nitrogens with one attached hydrogen (secondary N) is 1. The second-order valence-electron chi connectivity index (χ2n) is 13.3. The Morgan fingerprint density at radius 2 is 1.20 bits per heavy atom. The normalized spacial score (nSPS) is 12.3. The number of carboxylic acid groups (broad SMARTS) is 1. The van der Waals surface area contributed by atoms with Gasteiger partial charge in [-0.05, 0) is 93.0 Å². The standard InChI is InChI=1S/C46H36N4O5/c51-45(52)44(50-46(53)55-29-39-37-11-3-1-9-35(37)36-10-2-4-12-38(36)39)25-30-17-21-34(22-18-30)54-28-31-15-19-32(20-16-31)33-26-42(40-13-5-7-23-47-40)49-43(27-33)41-14-6-8-24-48-41/h1-24,26-27,39,44H,25,28-29H2,(H,50,53)(H,51,52)/t44-/m0/s1. The van der Waals surface area contributed by atoms with Crippen molar-refractivity contribution >= 4 is 12.1 Å². The van der Waals surface area contributed by atoms with Crippen molar-refractivity contribution < 1.29 is 24.2 Å². The molecule has 4 aromatic carbocycles. The first-order valence-electron chi connectivity index (χ1n) is 18.0. The highest BCUT2D eigenvalue weighted by Crippen LogP contribution is 2.44. The first-order chi connectivity index (χ1) is 27.0. The smallest absolute Gasteiger partial charge is 0.407 e. The van der Waals surface area contributed by atoms with Crippen molar-refractivity contribution in [3.63, 3.8) is 0 Å². The molecule has 9 nitrogen and oxygen atoms in total. The molecule has 1 aliphatic rings. The Morgan fingerprint density at radius 1 is 0.636 bits per heavy atom. The van der Waals surface area contributed by atoms with Crippen LogP contribution >= 0.6 is 0 Å². The zero-order valence-electron chi connectivity index (χ0n) is 29.7. The van der Waals surface area contributed by atoms with E-state index in [1.54, 1.807) is 36.7 Å². The van der Waals surface area contributed by atoms with E-state index in [-0.39, 0.29) is 18.9 Å². The minimum atomic E-state index is -1.17. The summed E-state index contributed by atoms with van der Waals surface area (Å²) in [4.78, 5) is 38.8. The Kier molecular flexibility index (Phi) is 10.1. The number of benzene rings is 4. The van der Waals surface area contributed by atoms with Crippen LogP contribution in [-0.4, -0.2) is 44.8 Å². The predicted molar refractivity (Wildman–Crippen MR) is 210 cm³/mol. The molecule has 9 heteroatoms. The molecule has 7 aromatic rings. The van der Waals surface area contributed by atoms with Gasteiger partial charge >= 0.3 is 12.1 Å². The largest absolute Gasteiger partial charge is 0.489 e. The van der Waals surface area contributed by atoms with Gasteiger partial charge in [-0.2, -0.15) is 0 Å². The fourth-order valence-electron chi connectivity index (χ4n) is 6.89. The van der Waals surface area contributed by atoms with Gasteiger partial charge in [0.25, 0.3) is 0 Å². The molecule has 0 saturated heterocycles. The highest BCUT2D eigenvalue weighted by Gasteiger charge is 2.30. The maximum Gasteiger partial charge on any atom is 0.407 e. The number of ether oxygens (including phenoxy) is 2. The zero-order chi connectivity index (χ0) is 37.6. The third-order valence-electron chi connectivity index (χ3n) is 9.67. The van der Waals surface area contributed by atoms with Crippen molar-refractivity contribution in [2.75, 3.05) is 6.61 Å². The molecule has 0 spiro atoms. The lowest BCUT2D eigenvalue weighted by Gasteiger charge is -2.18. The number of fused-ring (bicyclic) bond motifs is 3. The van der Waals surface area contributed by atoms with Crippen LogP contribution in [0.5, 0.6) is 5.75 Å². The van der Waals surface area contributed by atoms with Gasteiger partial charge in [0, 0.05) is 24.7 Å². The maximum absolute atomic E-state index is 12.8. The van der Waals surface area contributed by atoms with Crippen LogP contribution in [0, 0.1) is 0 Å². The lowest BCUT2D eigenvalue weighted by atomic mass is 9.98.